The fourth-order valence-corrected chi connectivity index (χ4v) is 1.70. The summed E-state index contributed by atoms with van der Waals surface area (Å²) in [5.41, 5.74) is -0.913. The normalized spacial score (nSPS) is 10.1. The number of aromatic carboxylic acids is 1. The number of nitro groups is 1. The van der Waals surface area contributed by atoms with E-state index in [9.17, 15) is 19.7 Å². The minimum Gasteiger partial charge on any atom is -0.477 e. The van der Waals surface area contributed by atoms with Crippen molar-refractivity contribution in [2.75, 3.05) is 5.32 Å². The minimum atomic E-state index is -1.25. The Morgan fingerprint density at radius 2 is 2.10 bits per heavy atom. The molecule has 1 aromatic heterocycles. The van der Waals surface area contributed by atoms with E-state index in [0.29, 0.717) is 0 Å². The van der Waals surface area contributed by atoms with Gasteiger partial charge < -0.3 is 10.4 Å². The average Bonchev–Trinajstić information content (AvgIpc) is 2.86. The molecule has 0 radical (unpaired) electrons. The lowest BCUT2D eigenvalue weighted by atomic mass is 10.1. The third-order valence-corrected chi connectivity index (χ3v) is 2.68. The van der Waals surface area contributed by atoms with E-state index in [2.05, 4.69) is 15.5 Å². The summed E-state index contributed by atoms with van der Waals surface area (Å²) in [6.45, 7) is 0. The number of halogens is 1. The fourth-order valence-electron chi connectivity index (χ4n) is 1.53. The number of hydrogen-bond acceptors (Lipinski definition) is 5. The molecule has 0 aliphatic carbocycles. The smallest absolute Gasteiger partial charge is 0.353 e. The van der Waals surface area contributed by atoms with Crippen molar-refractivity contribution in [3.05, 3.63) is 50.7 Å². The van der Waals surface area contributed by atoms with Crippen molar-refractivity contribution < 1.29 is 19.6 Å². The largest absolute Gasteiger partial charge is 0.477 e. The quantitative estimate of drug-likeness (QED) is 0.582. The van der Waals surface area contributed by atoms with Gasteiger partial charge in [-0.2, -0.15) is 5.10 Å². The summed E-state index contributed by atoms with van der Waals surface area (Å²) >= 11 is 5.71. The Bertz CT molecular complexity index is 742. The number of carbonyl (C=O) groups is 2. The van der Waals surface area contributed by atoms with E-state index in [1.165, 1.54) is 6.07 Å². The molecule has 0 spiro atoms. The van der Waals surface area contributed by atoms with E-state index in [-0.39, 0.29) is 22.1 Å². The Hall–Kier alpha value is -2.94. The lowest BCUT2D eigenvalue weighted by molar-refractivity contribution is -0.385. The van der Waals surface area contributed by atoms with Crippen molar-refractivity contribution in [1.82, 2.24) is 10.2 Å². The highest BCUT2D eigenvalue weighted by molar-refractivity contribution is 6.31. The zero-order valence-corrected chi connectivity index (χ0v) is 10.9. The van der Waals surface area contributed by atoms with E-state index < -0.39 is 22.5 Å². The third kappa shape index (κ3) is 3.15. The first-order valence-corrected chi connectivity index (χ1v) is 5.80. The lowest BCUT2D eigenvalue weighted by Crippen LogP contribution is -2.14. The first-order valence-electron chi connectivity index (χ1n) is 5.42. The van der Waals surface area contributed by atoms with E-state index >= 15 is 0 Å². The molecule has 0 aliphatic rings. The second-order valence-corrected chi connectivity index (χ2v) is 4.28. The molecule has 21 heavy (non-hydrogen) atoms. The number of amides is 1. The van der Waals surface area contributed by atoms with Crippen LogP contribution in [0.25, 0.3) is 0 Å². The van der Waals surface area contributed by atoms with Crippen LogP contribution in [0.4, 0.5) is 11.5 Å². The Balaban J connectivity index is 2.29. The Morgan fingerprint density at radius 1 is 1.38 bits per heavy atom. The van der Waals surface area contributed by atoms with Crippen molar-refractivity contribution in [1.29, 1.82) is 0 Å². The molecule has 1 heterocycles. The highest BCUT2D eigenvalue weighted by Crippen LogP contribution is 2.23. The van der Waals surface area contributed by atoms with Gasteiger partial charge in [0.15, 0.2) is 5.82 Å². The summed E-state index contributed by atoms with van der Waals surface area (Å²) in [7, 11) is 0. The maximum Gasteiger partial charge on any atom is 0.353 e. The van der Waals surface area contributed by atoms with Crippen molar-refractivity contribution in [3.8, 4) is 0 Å². The number of nitro benzene ring substituents is 1. The van der Waals surface area contributed by atoms with Gasteiger partial charge in [0.05, 0.1) is 4.92 Å². The molecule has 9 nitrogen and oxygen atoms in total. The van der Waals surface area contributed by atoms with Crippen molar-refractivity contribution >= 4 is 35.0 Å². The van der Waals surface area contributed by atoms with Gasteiger partial charge in [0, 0.05) is 17.2 Å². The van der Waals surface area contributed by atoms with Gasteiger partial charge in [0.2, 0.25) is 0 Å². The molecule has 0 saturated carbocycles. The molecule has 2 aromatic rings. The lowest BCUT2D eigenvalue weighted by Gasteiger charge is -2.03. The predicted molar refractivity (Wildman–Crippen MR) is 71.6 cm³/mol. The van der Waals surface area contributed by atoms with Gasteiger partial charge in [-0.3, -0.25) is 20.0 Å². The summed E-state index contributed by atoms with van der Waals surface area (Å²) in [5, 5.41) is 27.7. The molecule has 0 saturated heterocycles. The first kappa shape index (κ1) is 14.5. The highest BCUT2D eigenvalue weighted by atomic mass is 35.5. The van der Waals surface area contributed by atoms with Gasteiger partial charge in [-0.1, -0.05) is 11.6 Å². The van der Waals surface area contributed by atoms with Gasteiger partial charge in [-0.25, -0.2) is 4.79 Å². The van der Waals surface area contributed by atoms with Crippen LogP contribution >= 0.6 is 11.6 Å². The monoisotopic (exact) mass is 310 g/mol. The predicted octanol–water partition coefficient (Wildman–Crippen LogP) is 1.92. The van der Waals surface area contributed by atoms with Crippen LogP contribution in [0, 0.1) is 10.1 Å². The molecular weight excluding hydrogens is 304 g/mol. The molecule has 10 heteroatoms. The second-order valence-electron chi connectivity index (χ2n) is 3.84. The van der Waals surface area contributed by atoms with Crippen LogP contribution in [0.15, 0.2) is 24.3 Å². The van der Waals surface area contributed by atoms with Crippen LogP contribution in [0.5, 0.6) is 0 Å². The zero-order chi connectivity index (χ0) is 15.6. The molecular formula is C11H7ClN4O5. The fraction of sp³-hybridized carbons (Fsp3) is 0. The number of nitrogens with zero attached hydrogens (tertiary/aromatic N) is 2. The average molecular weight is 311 g/mol. The molecule has 2 rings (SSSR count). The summed E-state index contributed by atoms with van der Waals surface area (Å²) < 4.78 is 0. The summed E-state index contributed by atoms with van der Waals surface area (Å²) in [6, 6.07) is 4.61. The molecule has 108 valence electrons. The van der Waals surface area contributed by atoms with Crippen molar-refractivity contribution in [2.24, 2.45) is 0 Å². The third-order valence-electron chi connectivity index (χ3n) is 2.45. The summed E-state index contributed by atoms with van der Waals surface area (Å²) in [4.78, 5) is 32.8. The van der Waals surface area contributed by atoms with E-state index in [4.69, 9.17) is 16.7 Å². The molecule has 0 unspecified atom stereocenters. The van der Waals surface area contributed by atoms with Gasteiger partial charge in [-0.05, 0) is 12.1 Å². The maximum absolute atomic E-state index is 12.0. The molecule has 3 N–H and O–H groups in total. The number of nitrogens with one attached hydrogen (secondary N) is 2. The zero-order valence-electron chi connectivity index (χ0n) is 10.2. The molecule has 1 amide bonds. The summed E-state index contributed by atoms with van der Waals surface area (Å²) in [6.07, 6.45) is 0. The van der Waals surface area contributed by atoms with Gasteiger partial charge in [0.25, 0.3) is 11.6 Å². The van der Waals surface area contributed by atoms with Gasteiger partial charge in [0.1, 0.15) is 11.3 Å². The molecule has 0 aliphatic heterocycles. The standard InChI is InChI=1S/C11H7ClN4O5/c12-5-1-2-8(16(20)21)6(3-5)10(17)13-9-4-7(11(18)19)14-15-9/h1-4H,(H,18,19)(H2,13,14,15,17). The van der Waals surface area contributed by atoms with Crippen molar-refractivity contribution in [3.63, 3.8) is 0 Å². The molecule has 0 atom stereocenters. The van der Waals surface area contributed by atoms with Crippen LogP contribution in [0.3, 0.4) is 0 Å². The number of aromatic amines is 1. The van der Waals surface area contributed by atoms with Gasteiger partial charge >= 0.3 is 5.97 Å². The second kappa shape index (κ2) is 5.59. The van der Waals surface area contributed by atoms with Crippen LogP contribution < -0.4 is 5.32 Å². The summed E-state index contributed by atoms with van der Waals surface area (Å²) in [5.74, 6) is -2.16. The number of carboxylic acid groups (broad SMARTS) is 1. The number of hydrogen-bond donors (Lipinski definition) is 3. The van der Waals surface area contributed by atoms with Crippen LogP contribution in [-0.2, 0) is 0 Å². The number of rotatable bonds is 4. The van der Waals surface area contributed by atoms with Crippen LogP contribution in [-0.4, -0.2) is 32.1 Å². The van der Waals surface area contributed by atoms with Crippen LogP contribution in [0.1, 0.15) is 20.8 Å². The first-order chi connectivity index (χ1) is 9.88. The van der Waals surface area contributed by atoms with Crippen molar-refractivity contribution in [2.45, 2.75) is 0 Å². The van der Waals surface area contributed by atoms with E-state index in [1.807, 2.05) is 0 Å². The number of carbonyl (C=O) groups excluding carboxylic acids is 1. The Labute approximate surface area is 121 Å². The number of benzene rings is 1. The van der Waals surface area contributed by atoms with E-state index in [1.54, 1.807) is 0 Å². The number of H-pyrrole nitrogens is 1. The number of anilines is 1. The van der Waals surface area contributed by atoms with E-state index in [0.717, 1.165) is 18.2 Å². The molecule has 0 bridgehead atoms. The van der Waals surface area contributed by atoms with Gasteiger partial charge in [-0.15, -0.1) is 0 Å². The molecule has 0 fully saturated rings. The minimum absolute atomic E-state index is 0.0772. The Kier molecular flexibility index (Phi) is 3.85. The topological polar surface area (TPSA) is 138 Å². The number of aromatic nitrogens is 2. The Morgan fingerprint density at radius 3 is 2.67 bits per heavy atom. The maximum atomic E-state index is 12.0. The SMILES string of the molecule is O=C(O)c1cc(NC(=O)c2cc(Cl)ccc2[N+](=O)[O-])n[nH]1. The number of carboxylic acids is 1. The van der Waals surface area contributed by atoms with Crippen LogP contribution in [0.2, 0.25) is 5.02 Å². The molecule has 1 aromatic carbocycles. The highest BCUT2D eigenvalue weighted by Gasteiger charge is 2.21.